The second-order valence-electron chi connectivity index (χ2n) is 4.99. The summed E-state index contributed by atoms with van der Waals surface area (Å²) in [4.78, 5) is 12.0. The zero-order chi connectivity index (χ0) is 12.0. The molecule has 2 aliphatic rings. The first-order valence-corrected chi connectivity index (χ1v) is 6.23. The van der Waals surface area contributed by atoms with E-state index in [2.05, 4.69) is 26.0 Å². The van der Waals surface area contributed by atoms with E-state index in [9.17, 15) is 4.79 Å². The zero-order valence-corrected chi connectivity index (χ0v) is 10.3. The van der Waals surface area contributed by atoms with Gasteiger partial charge in [0.25, 0.3) is 0 Å². The van der Waals surface area contributed by atoms with Gasteiger partial charge in [0.05, 0.1) is 0 Å². The number of ketones is 1. The van der Waals surface area contributed by atoms with Crippen LogP contribution in [0.1, 0.15) is 32.3 Å². The van der Waals surface area contributed by atoms with Gasteiger partial charge >= 0.3 is 0 Å². The summed E-state index contributed by atoms with van der Waals surface area (Å²) in [7, 11) is 0. The first-order chi connectivity index (χ1) is 8.20. The Bertz CT molecular complexity index is 546. The van der Waals surface area contributed by atoms with Crippen molar-refractivity contribution in [3.8, 4) is 0 Å². The third kappa shape index (κ3) is 1.42. The standard InChI is InChI=1S/C16H16O/c1-10-8-9-13(17)16-14(10)11(2)15(16)12-6-4-3-5-7-12/h3-7,11H,8-9H2,1-2H3. The lowest BCUT2D eigenvalue weighted by Crippen LogP contribution is -2.28. The van der Waals surface area contributed by atoms with Crippen LogP contribution in [0.3, 0.4) is 0 Å². The highest BCUT2D eigenvalue weighted by Crippen LogP contribution is 2.50. The fourth-order valence-electron chi connectivity index (χ4n) is 3.10. The average molecular weight is 224 g/mol. The number of rotatable bonds is 1. The molecule has 3 rings (SSSR count). The fraction of sp³-hybridized carbons (Fsp3) is 0.312. The summed E-state index contributed by atoms with van der Waals surface area (Å²) in [6.07, 6.45) is 1.64. The van der Waals surface area contributed by atoms with Gasteiger partial charge in [0.2, 0.25) is 0 Å². The van der Waals surface area contributed by atoms with Crippen LogP contribution in [0.5, 0.6) is 0 Å². The van der Waals surface area contributed by atoms with Crippen LogP contribution >= 0.6 is 0 Å². The Kier molecular flexibility index (Phi) is 2.29. The smallest absolute Gasteiger partial charge is 0.163 e. The summed E-state index contributed by atoms with van der Waals surface area (Å²) in [6, 6.07) is 10.3. The molecule has 0 amide bonds. The van der Waals surface area contributed by atoms with E-state index in [1.807, 2.05) is 18.2 Å². The Morgan fingerprint density at radius 3 is 2.47 bits per heavy atom. The summed E-state index contributed by atoms with van der Waals surface area (Å²) in [5.41, 5.74) is 6.21. The molecule has 86 valence electrons. The van der Waals surface area contributed by atoms with Crippen LogP contribution in [0.2, 0.25) is 0 Å². The third-order valence-electron chi connectivity index (χ3n) is 3.96. The van der Waals surface area contributed by atoms with Crippen molar-refractivity contribution in [2.75, 3.05) is 0 Å². The number of Topliss-reactive ketones (excluding diaryl/α,β-unsaturated/α-hetero) is 1. The lowest BCUT2D eigenvalue weighted by Gasteiger charge is -2.38. The highest BCUT2D eigenvalue weighted by atomic mass is 16.1. The monoisotopic (exact) mass is 224 g/mol. The Hall–Kier alpha value is -1.63. The van der Waals surface area contributed by atoms with E-state index in [1.165, 1.54) is 22.3 Å². The lowest BCUT2D eigenvalue weighted by molar-refractivity contribution is -0.115. The van der Waals surface area contributed by atoms with Gasteiger partial charge in [0.15, 0.2) is 5.78 Å². The molecule has 0 aromatic heterocycles. The number of carbonyl (C=O) groups is 1. The molecule has 0 radical (unpaired) electrons. The van der Waals surface area contributed by atoms with Crippen LogP contribution in [-0.2, 0) is 4.79 Å². The van der Waals surface area contributed by atoms with Gasteiger partial charge in [-0.15, -0.1) is 0 Å². The Morgan fingerprint density at radius 2 is 1.76 bits per heavy atom. The minimum Gasteiger partial charge on any atom is -0.294 e. The maximum absolute atomic E-state index is 12.0. The molecule has 0 saturated carbocycles. The number of fused-ring (bicyclic) bond motifs is 1. The van der Waals surface area contributed by atoms with Crippen molar-refractivity contribution in [1.82, 2.24) is 0 Å². The van der Waals surface area contributed by atoms with Crippen LogP contribution in [0.4, 0.5) is 0 Å². The summed E-state index contributed by atoms with van der Waals surface area (Å²) >= 11 is 0. The summed E-state index contributed by atoms with van der Waals surface area (Å²) in [5, 5.41) is 0. The molecule has 1 unspecified atom stereocenters. The quantitative estimate of drug-likeness (QED) is 0.709. The van der Waals surface area contributed by atoms with E-state index in [-0.39, 0.29) is 0 Å². The minimum atomic E-state index is 0.336. The molecule has 1 heteroatoms. The predicted octanol–water partition coefficient (Wildman–Crippen LogP) is 3.77. The first kappa shape index (κ1) is 10.5. The van der Waals surface area contributed by atoms with E-state index >= 15 is 0 Å². The van der Waals surface area contributed by atoms with E-state index in [0.29, 0.717) is 18.1 Å². The maximum atomic E-state index is 12.0. The molecular formula is C16H16O. The van der Waals surface area contributed by atoms with Crippen LogP contribution in [0.25, 0.3) is 5.57 Å². The number of allylic oxidation sites excluding steroid dienone is 4. The molecule has 0 N–H and O–H groups in total. The lowest BCUT2D eigenvalue weighted by atomic mass is 9.64. The number of hydrogen-bond acceptors (Lipinski definition) is 1. The van der Waals surface area contributed by atoms with Crippen molar-refractivity contribution in [3.63, 3.8) is 0 Å². The van der Waals surface area contributed by atoms with Gasteiger partial charge in [-0.05, 0) is 30.1 Å². The predicted molar refractivity (Wildman–Crippen MR) is 69.5 cm³/mol. The van der Waals surface area contributed by atoms with E-state index < -0.39 is 0 Å². The molecular weight excluding hydrogens is 208 g/mol. The molecule has 0 saturated heterocycles. The Labute approximate surface area is 102 Å². The molecule has 1 atom stereocenters. The molecule has 2 aliphatic carbocycles. The highest BCUT2D eigenvalue weighted by molar-refractivity contribution is 6.13. The normalized spacial score (nSPS) is 23.6. The van der Waals surface area contributed by atoms with Crippen molar-refractivity contribution in [2.24, 2.45) is 5.92 Å². The average Bonchev–Trinajstić information content (AvgIpc) is 2.33. The van der Waals surface area contributed by atoms with Crippen molar-refractivity contribution in [2.45, 2.75) is 26.7 Å². The minimum absolute atomic E-state index is 0.336. The largest absolute Gasteiger partial charge is 0.294 e. The molecule has 0 heterocycles. The van der Waals surface area contributed by atoms with Gasteiger partial charge in [0.1, 0.15) is 0 Å². The number of hydrogen-bond donors (Lipinski definition) is 0. The van der Waals surface area contributed by atoms with Gasteiger partial charge in [-0.2, -0.15) is 0 Å². The zero-order valence-electron chi connectivity index (χ0n) is 10.3. The summed E-state index contributed by atoms with van der Waals surface area (Å²) in [6.45, 7) is 4.38. The third-order valence-corrected chi connectivity index (χ3v) is 3.96. The summed E-state index contributed by atoms with van der Waals surface area (Å²) in [5.74, 6) is 0.763. The first-order valence-electron chi connectivity index (χ1n) is 6.23. The topological polar surface area (TPSA) is 17.1 Å². The van der Waals surface area contributed by atoms with Crippen LogP contribution < -0.4 is 0 Å². The van der Waals surface area contributed by atoms with Crippen molar-refractivity contribution in [3.05, 3.63) is 52.6 Å². The van der Waals surface area contributed by atoms with E-state index in [1.54, 1.807) is 0 Å². The van der Waals surface area contributed by atoms with E-state index in [0.717, 1.165) is 12.0 Å². The van der Waals surface area contributed by atoms with Crippen LogP contribution in [-0.4, -0.2) is 5.78 Å². The van der Waals surface area contributed by atoms with Gasteiger partial charge in [-0.1, -0.05) is 42.8 Å². The van der Waals surface area contributed by atoms with Crippen LogP contribution in [0, 0.1) is 5.92 Å². The summed E-state index contributed by atoms with van der Waals surface area (Å²) < 4.78 is 0. The second-order valence-corrected chi connectivity index (χ2v) is 4.99. The van der Waals surface area contributed by atoms with Gasteiger partial charge in [0, 0.05) is 17.9 Å². The molecule has 1 nitrogen and oxygen atoms in total. The van der Waals surface area contributed by atoms with Crippen molar-refractivity contribution < 1.29 is 4.79 Å². The molecule has 0 bridgehead atoms. The van der Waals surface area contributed by atoms with Crippen molar-refractivity contribution >= 4 is 11.4 Å². The fourth-order valence-corrected chi connectivity index (χ4v) is 3.10. The molecule has 1 aromatic carbocycles. The van der Waals surface area contributed by atoms with Gasteiger partial charge in [-0.3, -0.25) is 4.79 Å². The molecule has 17 heavy (non-hydrogen) atoms. The number of carbonyl (C=O) groups excluding carboxylic acids is 1. The van der Waals surface area contributed by atoms with Crippen molar-refractivity contribution in [1.29, 1.82) is 0 Å². The maximum Gasteiger partial charge on any atom is 0.163 e. The number of benzene rings is 1. The Balaban J connectivity index is 2.18. The molecule has 0 spiro atoms. The van der Waals surface area contributed by atoms with Gasteiger partial charge < -0.3 is 0 Å². The van der Waals surface area contributed by atoms with Crippen LogP contribution in [0.15, 0.2) is 47.1 Å². The molecule has 0 aliphatic heterocycles. The Morgan fingerprint density at radius 1 is 1.06 bits per heavy atom. The van der Waals surface area contributed by atoms with E-state index in [4.69, 9.17) is 0 Å². The molecule has 1 aromatic rings. The second kappa shape index (κ2) is 3.69. The van der Waals surface area contributed by atoms with Gasteiger partial charge in [-0.25, -0.2) is 0 Å². The molecule has 0 fully saturated rings. The SMILES string of the molecule is CC1=C2C(=C(c3ccccc3)C2C)C(=O)CC1. The highest BCUT2D eigenvalue weighted by Gasteiger charge is 2.39.